The van der Waals surface area contributed by atoms with Crippen LogP contribution in [0.5, 0.6) is 5.88 Å². The molecular weight excluding hydrogens is 391 g/mol. The number of ether oxygens (including phenoxy) is 1. The average molecular weight is 409 g/mol. The van der Waals surface area contributed by atoms with Crippen LogP contribution >= 0.6 is 0 Å². The number of aromatic nitrogens is 1. The summed E-state index contributed by atoms with van der Waals surface area (Å²) in [5.41, 5.74) is 1.69. The first-order valence-electron chi connectivity index (χ1n) is 8.76. The van der Waals surface area contributed by atoms with Gasteiger partial charge in [0.05, 0.1) is 5.56 Å². The van der Waals surface area contributed by atoms with Crippen LogP contribution in [0.15, 0.2) is 42.6 Å². The number of anilines is 1. The molecule has 1 atom stereocenters. The van der Waals surface area contributed by atoms with Gasteiger partial charge in [0.25, 0.3) is 5.91 Å². The Labute approximate surface area is 164 Å². The van der Waals surface area contributed by atoms with E-state index in [4.69, 9.17) is 5.11 Å². The van der Waals surface area contributed by atoms with Crippen molar-refractivity contribution in [3.63, 3.8) is 0 Å². The molecule has 1 fully saturated rings. The molecule has 1 aliphatic heterocycles. The molecular formula is C19H18F3N3O4. The molecule has 0 saturated carbocycles. The highest BCUT2D eigenvalue weighted by atomic mass is 19.4. The first-order valence-corrected chi connectivity index (χ1v) is 8.76. The highest BCUT2D eigenvalue weighted by Gasteiger charge is 2.29. The summed E-state index contributed by atoms with van der Waals surface area (Å²) in [5, 5.41) is 11.7. The van der Waals surface area contributed by atoms with Gasteiger partial charge >= 0.3 is 12.3 Å². The molecule has 2 amide bonds. The molecule has 1 aromatic carbocycles. The van der Waals surface area contributed by atoms with Gasteiger partial charge in [-0.1, -0.05) is 12.1 Å². The summed E-state index contributed by atoms with van der Waals surface area (Å²) in [4.78, 5) is 28.3. The van der Waals surface area contributed by atoms with Gasteiger partial charge in [-0.15, -0.1) is 0 Å². The van der Waals surface area contributed by atoms with E-state index in [1.165, 1.54) is 17.0 Å². The molecule has 29 heavy (non-hydrogen) atoms. The zero-order valence-corrected chi connectivity index (χ0v) is 15.1. The van der Waals surface area contributed by atoms with Crippen LogP contribution in [-0.2, 0) is 0 Å². The number of halogens is 3. The maximum absolute atomic E-state index is 12.3. The summed E-state index contributed by atoms with van der Waals surface area (Å²) >= 11 is 0. The fourth-order valence-electron chi connectivity index (χ4n) is 3.00. The van der Waals surface area contributed by atoms with Crippen LogP contribution in [0.3, 0.4) is 0 Å². The second-order valence-corrected chi connectivity index (χ2v) is 6.58. The Bertz CT molecular complexity index is 870. The van der Waals surface area contributed by atoms with E-state index >= 15 is 0 Å². The number of amides is 2. The molecule has 7 nitrogen and oxygen atoms in total. The Morgan fingerprint density at radius 1 is 1.21 bits per heavy atom. The van der Waals surface area contributed by atoms with Crippen LogP contribution in [0.2, 0.25) is 0 Å². The van der Waals surface area contributed by atoms with Crippen molar-refractivity contribution in [3.05, 3.63) is 53.7 Å². The van der Waals surface area contributed by atoms with Gasteiger partial charge in [-0.25, -0.2) is 9.78 Å². The number of pyridine rings is 1. The molecule has 3 rings (SSSR count). The number of likely N-dealkylation sites (tertiary alicyclic amines) is 1. The number of carbonyl (C=O) groups excluding carboxylic acids is 1. The molecule has 2 N–H and O–H groups in total. The summed E-state index contributed by atoms with van der Waals surface area (Å²) in [7, 11) is 0. The number of benzene rings is 1. The van der Waals surface area contributed by atoms with Crippen molar-refractivity contribution in [1.82, 2.24) is 9.88 Å². The molecule has 0 radical (unpaired) electrons. The van der Waals surface area contributed by atoms with Gasteiger partial charge < -0.3 is 20.1 Å². The average Bonchev–Trinajstić information content (AvgIpc) is 3.17. The van der Waals surface area contributed by atoms with E-state index in [1.54, 1.807) is 12.1 Å². The fraction of sp³-hybridized carbons (Fsp3) is 0.316. The second-order valence-electron chi connectivity index (χ2n) is 6.58. The van der Waals surface area contributed by atoms with Crippen molar-refractivity contribution in [3.8, 4) is 5.88 Å². The van der Waals surface area contributed by atoms with Crippen molar-refractivity contribution in [2.45, 2.75) is 18.5 Å². The van der Waals surface area contributed by atoms with Gasteiger partial charge in [0, 0.05) is 37.0 Å². The van der Waals surface area contributed by atoms with Crippen LogP contribution < -0.4 is 10.1 Å². The van der Waals surface area contributed by atoms with Crippen LogP contribution in [0.25, 0.3) is 0 Å². The van der Waals surface area contributed by atoms with Gasteiger partial charge in [-0.2, -0.15) is 13.2 Å². The highest BCUT2D eigenvalue weighted by Crippen LogP contribution is 2.28. The van der Waals surface area contributed by atoms with E-state index in [0.29, 0.717) is 18.8 Å². The van der Waals surface area contributed by atoms with Crippen molar-refractivity contribution < 1.29 is 32.6 Å². The second kappa shape index (κ2) is 8.38. The molecule has 1 aliphatic rings. The van der Waals surface area contributed by atoms with Gasteiger partial charge in [-0.05, 0) is 30.2 Å². The predicted octanol–water partition coefficient (Wildman–Crippen LogP) is 3.74. The number of nitrogens with zero attached hydrogens (tertiary/aromatic N) is 2. The Morgan fingerprint density at radius 2 is 1.93 bits per heavy atom. The molecule has 0 aliphatic carbocycles. The van der Waals surface area contributed by atoms with E-state index in [0.717, 1.165) is 18.2 Å². The molecule has 10 heteroatoms. The van der Waals surface area contributed by atoms with Gasteiger partial charge in [-0.3, -0.25) is 4.79 Å². The van der Waals surface area contributed by atoms with Crippen LogP contribution in [0.1, 0.15) is 28.3 Å². The topological polar surface area (TPSA) is 91.8 Å². The van der Waals surface area contributed by atoms with Gasteiger partial charge in [0.2, 0.25) is 5.88 Å². The normalized spacial score (nSPS) is 16.5. The number of nitrogens with one attached hydrogen (secondary N) is 1. The maximum atomic E-state index is 12.3. The highest BCUT2D eigenvalue weighted by molar-refractivity contribution is 6.04. The van der Waals surface area contributed by atoms with Crippen LogP contribution in [0.4, 0.5) is 23.7 Å². The van der Waals surface area contributed by atoms with Crippen molar-refractivity contribution in [2.75, 3.05) is 25.0 Å². The van der Waals surface area contributed by atoms with E-state index in [2.05, 4.69) is 15.0 Å². The molecule has 1 saturated heterocycles. The molecule has 1 aromatic heterocycles. The lowest BCUT2D eigenvalue weighted by molar-refractivity contribution is -0.154. The summed E-state index contributed by atoms with van der Waals surface area (Å²) in [6.45, 7) is -0.521. The van der Waals surface area contributed by atoms with Crippen LogP contribution in [-0.4, -0.2) is 52.9 Å². The minimum atomic E-state index is -4.46. The lowest BCUT2D eigenvalue weighted by atomic mass is 9.98. The number of hydrogen-bond acceptors (Lipinski definition) is 4. The molecule has 0 spiro atoms. The minimum Gasteiger partial charge on any atom is -0.468 e. The number of carbonyl (C=O) groups is 2. The summed E-state index contributed by atoms with van der Waals surface area (Å²) in [6.07, 6.45) is -3.52. The SMILES string of the molecule is O=C(Nc1ccc([C@H]2CCN(C(=O)O)C2)cc1)c1ccc(OCC(F)(F)F)nc1. The number of rotatable bonds is 5. The minimum absolute atomic E-state index is 0.115. The molecule has 154 valence electrons. The van der Waals surface area contributed by atoms with Crippen molar-refractivity contribution in [2.24, 2.45) is 0 Å². The molecule has 0 bridgehead atoms. The Kier molecular flexibility index (Phi) is 5.90. The zero-order valence-electron chi connectivity index (χ0n) is 15.1. The first kappa shape index (κ1) is 20.4. The first-order chi connectivity index (χ1) is 13.7. The Balaban J connectivity index is 1.56. The zero-order chi connectivity index (χ0) is 21.0. The monoisotopic (exact) mass is 409 g/mol. The fourth-order valence-corrected chi connectivity index (χ4v) is 3.00. The number of alkyl halides is 3. The van der Waals surface area contributed by atoms with E-state index < -0.39 is 24.8 Å². The number of hydrogen-bond donors (Lipinski definition) is 2. The molecule has 2 heterocycles. The third kappa shape index (κ3) is 5.59. The summed E-state index contributed by atoms with van der Waals surface area (Å²) < 4.78 is 40.9. The molecule has 2 aromatic rings. The van der Waals surface area contributed by atoms with E-state index in [1.807, 2.05) is 12.1 Å². The predicted molar refractivity (Wildman–Crippen MR) is 97.1 cm³/mol. The van der Waals surface area contributed by atoms with Crippen molar-refractivity contribution in [1.29, 1.82) is 0 Å². The Hall–Kier alpha value is -3.30. The van der Waals surface area contributed by atoms with Gasteiger partial charge in [0.15, 0.2) is 6.61 Å². The quantitative estimate of drug-likeness (QED) is 0.785. The Morgan fingerprint density at radius 3 is 2.48 bits per heavy atom. The lowest BCUT2D eigenvalue weighted by Crippen LogP contribution is -2.26. The smallest absolute Gasteiger partial charge is 0.422 e. The standard InChI is InChI=1S/C19H18F3N3O4/c20-19(21,22)11-29-16-6-3-13(9-23-16)17(26)24-15-4-1-12(2-5-15)14-7-8-25(10-14)18(27)28/h1-6,9,14H,7-8,10-11H2,(H,24,26)(H,27,28)/t14-/m0/s1. The van der Waals surface area contributed by atoms with E-state index in [9.17, 15) is 22.8 Å². The van der Waals surface area contributed by atoms with Crippen LogP contribution in [0, 0.1) is 0 Å². The molecule has 0 unspecified atom stereocenters. The van der Waals surface area contributed by atoms with Gasteiger partial charge in [0.1, 0.15) is 0 Å². The third-order valence-electron chi connectivity index (χ3n) is 4.48. The number of carboxylic acid groups (broad SMARTS) is 1. The largest absolute Gasteiger partial charge is 0.468 e. The maximum Gasteiger partial charge on any atom is 0.422 e. The summed E-state index contributed by atoms with van der Waals surface area (Å²) in [6, 6.07) is 9.60. The van der Waals surface area contributed by atoms with E-state index in [-0.39, 0.29) is 17.4 Å². The third-order valence-corrected chi connectivity index (χ3v) is 4.48. The summed E-state index contributed by atoms with van der Waals surface area (Å²) in [5.74, 6) is -0.579. The lowest BCUT2D eigenvalue weighted by Gasteiger charge is -2.13. The van der Waals surface area contributed by atoms with Crippen molar-refractivity contribution >= 4 is 17.7 Å².